The molecule has 0 heterocycles. The van der Waals surface area contributed by atoms with Crippen LogP contribution in [0.4, 0.5) is 52.7 Å². The van der Waals surface area contributed by atoms with Gasteiger partial charge in [-0.05, 0) is 6.58 Å². The van der Waals surface area contributed by atoms with Crippen LogP contribution in [0.15, 0.2) is 12.3 Å². The van der Waals surface area contributed by atoms with Crippen LogP contribution < -0.4 is 0 Å². The van der Waals surface area contributed by atoms with Gasteiger partial charge in [-0.2, -0.15) is 48.3 Å². The first-order valence-electron chi connectivity index (χ1n) is 5.93. The van der Waals surface area contributed by atoms with Gasteiger partial charge in [0.1, 0.15) is 0 Å². The van der Waals surface area contributed by atoms with Gasteiger partial charge in [-0.25, -0.2) is 9.18 Å². The summed E-state index contributed by atoms with van der Waals surface area (Å²) in [6.45, 7) is 2.52. The second-order valence-electron chi connectivity index (χ2n) is 4.59. The first-order valence-corrected chi connectivity index (χ1v) is 5.93. The van der Waals surface area contributed by atoms with E-state index in [1.807, 2.05) is 0 Å². The lowest BCUT2D eigenvalue weighted by Gasteiger charge is -2.36. The summed E-state index contributed by atoms with van der Waals surface area (Å²) >= 11 is 0. The number of rotatable bonds is 8. The fourth-order valence-electron chi connectivity index (χ4n) is 1.24. The monoisotopic (exact) mass is 416 g/mol. The largest absolute Gasteiger partial charge is 0.490 e. The molecule has 1 atom stereocenters. The van der Waals surface area contributed by atoms with Crippen molar-refractivity contribution in [1.29, 1.82) is 0 Å². The van der Waals surface area contributed by atoms with Crippen LogP contribution in [0.25, 0.3) is 0 Å². The van der Waals surface area contributed by atoms with Crippen LogP contribution in [-0.4, -0.2) is 49.3 Å². The van der Waals surface area contributed by atoms with Crippen LogP contribution in [0, 0.1) is 0 Å². The summed E-state index contributed by atoms with van der Waals surface area (Å²) in [6.07, 6.45) is -20.9. The number of carbonyl (C=O) groups is 1. The Hall–Kier alpha value is -1.83. The normalized spacial score (nSPS) is 15.4. The van der Waals surface area contributed by atoms with Crippen molar-refractivity contribution in [1.82, 2.24) is 0 Å². The SMILES string of the molecule is C=C(OC)C(=O)OC(F)(F)C(F)(F)C(F)(F)C(F)(F)C(F)CC(F)(F)F. The van der Waals surface area contributed by atoms with E-state index in [1.54, 1.807) is 0 Å². The predicted octanol–water partition coefficient (Wildman–Crippen LogP) is 4.48. The standard InChI is InChI=1S/C11H8F12O3/c1-4(25-2)6(24)26-11(22,23)10(20,21)9(18,19)8(16,17)5(12)3-7(13,14)15/h5H,1,3H2,2H3. The van der Waals surface area contributed by atoms with Crippen LogP contribution in [-0.2, 0) is 14.3 Å². The number of hydrogen-bond donors (Lipinski definition) is 0. The van der Waals surface area contributed by atoms with E-state index in [-0.39, 0.29) is 0 Å². The van der Waals surface area contributed by atoms with Gasteiger partial charge in [0.15, 0.2) is 11.9 Å². The first-order chi connectivity index (χ1) is 11.2. The molecule has 26 heavy (non-hydrogen) atoms. The molecule has 3 nitrogen and oxygen atoms in total. The van der Waals surface area contributed by atoms with Crippen LogP contribution in [0.2, 0.25) is 0 Å². The minimum atomic E-state index is -7.40. The molecule has 0 aromatic carbocycles. The second-order valence-corrected chi connectivity index (χ2v) is 4.59. The van der Waals surface area contributed by atoms with E-state index in [9.17, 15) is 57.5 Å². The number of methoxy groups -OCH3 is 1. The van der Waals surface area contributed by atoms with Crippen molar-refractivity contribution >= 4 is 5.97 Å². The molecule has 0 saturated carbocycles. The second kappa shape index (κ2) is 7.06. The number of alkyl halides is 12. The lowest BCUT2D eigenvalue weighted by atomic mass is 9.97. The fourth-order valence-corrected chi connectivity index (χ4v) is 1.24. The van der Waals surface area contributed by atoms with Crippen molar-refractivity contribution in [2.45, 2.75) is 42.6 Å². The molecule has 0 aliphatic heterocycles. The van der Waals surface area contributed by atoms with Gasteiger partial charge in [0, 0.05) is 0 Å². The van der Waals surface area contributed by atoms with Gasteiger partial charge in [0.25, 0.3) is 0 Å². The van der Waals surface area contributed by atoms with E-state index in [2.05, 4.69) is 16.1 Å². The Balaban J connectivity index is 5.83. The molecule has 0 aromatic heterocycles. The van der Waals surface area contributed by atoms with Crippen molar-refractivity contribution in [3.63, 3.8) is 0 Å². The van der Waals surface area contributed by atoms with Crippen molar-refractivity contribution in [2.24, 2.45) is 0 Å². The highest BCUT2D eigenvalue weighted by Gasteiger charge is 2.84. The molecule has 0 N–H and O–H groups in total. The molecule has 0 aliphatic carbocycles. The Morgan fingerprint density at radius 2 is 1.35 bits per heavy atom. The number of carbonyl (C=O) groups excluding carboxylic acids is 1. The zero-order valence-corrected chi connectivity index (χ0v) is 12.3. The molecule has 15 heteroatoms. The Morgan fingerprint density at radius 3 is 1.69 bits per heavy atom. The average Bonchev–Trinajstić information content (AvgIpc) is 2.43. The minimum Gasteiger partial charge on any atom is -0.490 e. The van der Waals surface area contributed by atoms with E-state index in [0.29, 0.717) is 7.11 Å². The summed E-state index contributed by atoms with van der Waals surface area (Å²) in [5, 5.41) is 0. The third-order valence-corrected chi connectivity index (χ3v) is 2.68. The van der Waals surface area contributed by atoms with E-state index in [0.717, 1.165) is 0 Å². The van der Waals surface area contributed by atoms with Gasteiger partial charge in [-0.15, -0.1) is 0 Å². The molecule has 0 aliphatic rings. The third kappa shape index (κ3) is 4.47. The van der Waals surface area contributed by atoms with Crippen molar-refractivity contribution in [3.8, 4) is 0 Å². The molecule has 1 unspecified atom stereocenters. The zero-order valence-electron chi connectivity index (χ0n) is 12.3. The van der Waals surface area contributed by atoms with Crippen LogP contribution in [0.5, 0.6) is 0 Å². The number of hydrogen-bond acceptors (Lipinski definition) is 3. The quantitative estimate of drug-likeness (QED) is 0.254. The zero-order chi connectivity index (χ0) is 21.4. The minimum absolute atomic E-state index is 0.577. The Morgan fingerprint density at radius 1 is 0.923 bits per heavy atom. The van der Waals surface area contributed by atoms with Crippen LogP contribution in [0.3, 0.4) is 0 Å². The molecule has 0 radical (unpaired) electrons. The molecule has 0 aromatic rings. The smallest absolute Gasteiger partial charge is 0.473 e. The molecule has 0 bridgehead atoms. The molecular formula is C11H8F12O3. The summed E-state index contributed by atoms with van der Waals surface area (Å²) in [4.78, 5) is 10.8. The molecule has 0 rings (SSSR count). The van der Waals surface area contributed by atoms with Gasteiger partial charge >= 0.3 is 36.0 Å². The third-order valence-electron chi connectivity index (χ3n) is 2.68. The average molecular weight is 416 g/mol. The van der Waals surface area contributed by atoms with E-state index < -0.39 is 54.4 Å². The van der Waals surface area contributed by atoms with E-state index in [4.69, 9.17) is 0 Å². The molecule has 154 valence electrons. The molecule has 0 saturated heterocycles. The van der Waals surface area contributed by atoms with Gasteiger partial charge in [0.05, 0.1) is 13.5 Å². The van der Waals surface area contributed by atoms with Gasteiger partial charge in [-0.3, -0.25) is 0 Å². The van der Waals surface area contributed by atoms with E-state index in [1.165, 1.54) is 0 Å². The van der Waals surface area contributed by atoms with Gasteiger partial charge < -0.3 is 9.47 Å². The lowest BCUT2D eigenvalue weighted by Crippen LogP contribution is -2.66. The highest BCUT2D eigenvalue weighted by Crippen LogP contribution is 2.55. The summed E-state index contributed by atoms with van der Waals surface area (Å²) < 4.78 is 160. The maximum atomic E-state index is 13.2. The highest BCUT2D eigenvalue weighted by molar-refractivity contribution is 5.85. The number of ether oxygens (including phenoxy) is 2. The van der Waals surface area contributed by atoms with Crippen molar-refractivity contribution in [2.75, 3.05) is 7.11 Å². The molecule has 0 spiro atoms. The van der Waals surface area contributed by atoms with Crippen molar-refractivity contribution < 1.29 is 67.0 Å². The van der Waals surface area contributed by atoms with Crippen LogP contribution >= 0.6 is 0 Å². The number of halogens is 12. The number of esters is 1. The maximum absolute atomic E-state index is 13.2. The fraction of sp³-hybridized carbons (Fsp3) is 0.727. The lowest BCUT2D eigenvalue weighted by molar-refractivity contribution is -0.423. The highest BCUT2D eigenvalue weighted by atomic mass is 19.4. The molecular weight excluding hydrogens is 408 g/mol. The topological polar surface area (TPSA) is 35.5 Å². The van der Waals surface area contributed by atoms with Crippen molar-refractivity contribution in [3.05, 3.63) is 12.3 Å². The summed E-state index contributed by atoms with van der Waals surface area (Å²) in [7, 11) is 0.577. The van der Waals surface area contributed by atoms with Gasteiger partial charge in [0.2, 0.25) is 0 Å². The summed E-state index contributed by atoms with van der Waals surface area (Å²) in [5.74, 6) is -25.6. The predicted molar refractivity (Wildman–Crippen MR) is 57.6 cm³/mol. The molecule has 0 amide bonds. The van der Waals surface area contributed by atoms with E-state index >= 15 is 0 Å². The maximum Gasteiger partial charge on any atom is 0.473 e. The van der Waals surface area contributed by atoms with Crippen LogP contribution in [0.1, 0.15) is 6.42 Å². The Labute approximate surface area is 136 Å². The summed E-state index contributed by atoms with van der Waals surface area (Å²) in [6, 6.07) is 0. The molecule has 0 fully saturated rings. The Bertz CT molecular complexity index is 539. The first kappa shape index (κ1) is 24.2. The summed E-state index contributed by atoms with van der Waals surface area (Å²) in [5.41, 5.74) is 0. The Kier molecular flexibility index (Phi) is 6.56. The van der Waals surface area contributed by atoms with Gasteiger partial charge in [-0.1, -0.05) is 0 Å².